The van der Waals surface area contributed by atoms with E-state index in [0.29, 0.717) is 6.42 Å². The largest absolute Gasteiger partial charge is 0.396 e. The summed E-state index contributed by atoms with van der Waals surface area (Å²) in [6.45, 7) is 3.39. The average Bonchev–Trinajstić information content (AvgIpc) is 1.90. The second-order valence-electron chi connectivity index (χ2n) is 2.42. The first-order chi connectivity index (χ1) is 4.63. The summed E-state index contributed by atoms with van der Waals surface area (Å²) < 4.78 is 0. The Morgan fingerprint density at radius 1 is 1.60 bits per heavy atom. The Morgan fingerprint density at radius 3 is 2.20 bits per heavy atom. The zero-order chi connectivity index (χ0) is 8.15. The van der Waals surface area contributed by atoms with E-state index >= 15 is 0 Å². The highest BCUT2D eigenvalue weighted by atomic mass is 16.3. The van der Waals surface area contributed by atoms with Crippen LogP contribution in [0.1, 0.15) is 20.3 Å². The van der Waals surface area contributed by atoms with Gasteiger partial charge < -0.3 is 15.6 Å². The fourth-order valence-corrected chi connectivity index (χ4v) is 0.788. The molecule has 0 aromatic rings. The zero-order valence-corrected chi connectivity index (χ0v) is 6.46. The summed E-state index contributed by atoms with van der Waals surface area (Å²) in [5, 5.41) is 24.9. The van der Waals surface area contributed by atoms with Crippen molar-refractivity contribution in [2.45, 2.75) is 26.4 Å². The van der Waals surface area contributed by atoms with Gasteiger partial charge in [0.25, 0.3) is 0 Å². The molecule has 0 amide bonds. The van der Waals surface area contributed by atoms with Gasteiger partial charge in [-0.2, -0.15) is 0 Å². The van der Waals surface area contributed by atoms with Gasteiger partial charge in [-0.3, -0.25) is 0 Å². The van der Waals surface area contributed by atoms with E-state index in [9.17, 15) is 0 Å². The van der Waals surface area contributed by atoms with Gasteiger partial charge in [0.05, 0.1) is 12.7 Å². The average molecular weight is 145 g/mol. The summed E-state index contributed by atoms with van der Waals surface area (Å²) in [4.78, 5) is 0. The number of aliphatic hydroxyl groups excluding tert-OH is 2. The summed E-state index contributed by atoms with van der Waals surface area (Å²) in [6, 6.07) is 0. The van der Waals surface area contributed by atoms with Crippen molar-refractivity contribution in [1.82, 2.24) is 0 Å². The molecule has 0 aromatic carbocycles. The zero-order valence-electron chi connectivity index (χ0n) is 6.46. The fourth-order valence-electron chi connectivity index (χ4n) is 0.788. The SMILES string of the molecule is CCC(CO)C(=N)C(C)O. The molecule has 0 aliphatic rings. The van der Waals surface area contributed by atoms with Crippen molar-refractivity contribution >= 4 is 5.71 Å². The van der Waals surface area contributed by atoms with E-state index in [0.717, 1.165) is 0 Å². The molecule has 10 heavy (non-hydrogen) atoms. The maximum absolute atomic E-state index is 8.92. The predicted octanol–water partition coefficient (Wildman–Crippen LogP) is 0.405. The molecule has 0 spiro atoms. The maximum atomic E-state index is 8.92. The molecule has 2 atom stereocenters. The Kier molecular flexibility index (Phi) is 4.23. The molecule has 3 heteroatoms. The Bertz CT molecular complexity index is 108. The van der Waals surface area contributed by atoms with Crippen LogP contribution in [0, 0.1) is 11.3 Å². The summed E-state index contributed by atoms with van der Waals surface area (Å²) >= 11 is 0. The Morgan fingerprint density at radius 2 is 2.10 bits per heavy atom. The van der Waals surface area contributed by atoms with Crippen molar-refractivity contribution in [2.24, 2.45) is 5.92 Å². The molecule has 60 valence electrons. The Balaban J connectivity index is 3.89. The number of hydrogen-bond donors (Lipinski definition) is 3. The first kappa shape index (κ1) is 9.59. The second-order valence-corrected chi connectivity index (χ2v) is 2.42. The van der Waals surface area contributed by atoms with Crippen molar-refractivity contribution in [1.29, 1.82) is 5.41 Å². The molecule has 0 aromatic heterocycles. The molecule has 0 aliphatic carbocycles. The summed E-state index contributed by atoms with van der Waals surface area (Å²) in [6.07, 6.45) is -0.0163. The lowest BCUT2D eigenvalue weighted by atomic mass is 9.98. The number of aliphatic hydroxyl groups is 2. The van der Waals surface area contributed by atoms with Gasteiger partial charge in [-0.05, 0) is 13.3 Å². The maximum Gasteiger partial charge on any atom is 0.0889 e. The van der Waals surface area contributed by atoms with Crippen LogP contribution >= 0.6 is 0 Å². The standard InChI is InChI=1S/C7H15NO2/c1-3-6(4-9)7(8)5(2)10/h5-6,8-10H,3-4H2,1-2H3. The topological polar surface area (TPSA) is 64.3 Å². The first-order valence-corrected chi connectivity index (χ1v) is 3.50. The molecule has 0 saturated heterocycles. The number of hydrogen-bond acceptors (Lipinski definition) is 3. The van der Waals surface area contributed by atoms with Crippen LogP contribution in [-0.4, -0.2) is 28.6 Å². The van der Waals surface area contributed by atoms with Gasteiger partial charge in [0, 0.05) is 11.6 Å². The van der Waals surface area contributed by atoms with Crippen LogP contribution in [0.4, 0.5) is 0 Å². The highest BCUT2D eigenvalue weighted by Gasteiger charge is 2.14. The van der Waals surface area contributed by atoms with Crippen LogP contribution in [0.5, 0.6) is 0 Å². The van der Waals surface area contributed by atoms with E-state index in [1.54, 1.807) is 6.92 Å². The minimum absolute atomic E-state index is 0.0414. The third-order valence-electron chi connectivity index (χ3n) is 1.60. The third kappa shape index (κ3) is 2.45. The third-order valence-corrected chi connectivity index (χ3v) is 1.60. The molecule has 0 saturated carbocycles. The summed E-state index contributed by atoms with van der Waals surface area (Å²) in [7, 11) is 0. The van der Waals surface area contributed by atoms with Gasteiger partial charge in [-0.15, -0.1) is 0 Å². The highest BCUT2D eigenvalue weighted by Crippen LogP contribution is 2.05. The van der Waals surface area contributed by atoms with Crippen molar-refractivity contribution in [3.05, 3.63) is 0 Å². The minimum Gasteiger partial charge on any atom is -0.396 e. The fraction of sp³-hybridized carbons (Fsp3) is 0.857. The van der Waals surface area contributed by atoms with Crippen LogP contribution in [0.2, 0.25) is 0 Å². The van der Waals surface area contributed by atoms with E-state index in [4.69, 9.17) is 15.6 Å². The van der Waals surface area contributed by atoms with Gasteiger partial charge >= 0.3 is 0 Å². The van der Waals surface area contributed by atoms with Gasteiger partial charge in [0.15, 0.2) is 0 Å². The van der Waals surface area contributed by atoms with Crippen LogP contribution in [-0.2, 0) is 0 Å². The number of rotatable bonds is 4. The number of nitrogens with one attached hydrogen (secondary N) is 1. The quantitative estimate of drug-likeness (QED) is 0.501. The Labute approximate surface area is 61.2 Å². The summed E-state index contributed by atoms with van der Waals surface area (Å²) in [5.41, 5.74) is 0.227. The summed E-state index contributed by atoms with van der Waals surface area (Å²) in [5.74, 6) is -0.167. The van der Waals surface area contributed by atoms with E-state index in [1.807, 2.05) is 6.92 Å². The predicted molar refractivity (Wildman–Crippen MR) is 40.3 cm³/mol. The molecule has 0 bridgehead atoms. The normalized spacial score (nSPS) is 16.4. The lowest BCUT2D eigenvalue weighted by Crippen LogP contribution is -2.26. The van der Waals surface area contributed by atoms with Gasteiger partial charge in [-0.25, -0.2) is 0 Å². The monoisotopic (exact) mass is 145 g/mol. The van der Waals surface area contributed by atoms with Crippen molar-refractivity contribution < 1.29 is 10.2 Å². The van der Waals surface area contributed by atoms with Crippen molar-refractivity contribution in [3.63, 3.8) is 0 Å². The molecule has 0 heterocycles. The lowest BCUT2D eigenvalue weighted by molar-refractivity contribution is 0.224. The molecule has 0 fully saturated rings. The van der Waals surface area contributed by atoms with Crippen molar-refractivity contribution in [2.75, 3.05) is 6.61 Å². The first-order valence-electron chi connectivity index (χ1n) is 3.50. The van der Waals surface area contributed by atoms with Crippen LogP contribution in [0.15, 0.2) is 0 Å². The van der Waals surface area contributed by atoms with Gasteiger partial charge in [0.2, 0.25) is 0 Å². The van der Waals surface area contributed by atoms with Crippen LogP contribution in [0.25, 0.3) is 0 Å². The lowest BCUT2D eigenvalue weighted by Gasteiger charge is -2.14. The minimum atomic E-state index is -0.725. The molecule has 0 radical (unpaired) electrons. The van der Waals surface area contributed by atoms with E-state index in [-0.39, 0.29) is 18.2 Å². The molecule has 3 nitrogen and oxygen atoms in total. The highest BCUT2D eigenvalue weighted by molar-refractivity contribution is 5.87. The molecular weight excluding hydrogens is 130 g/mol. The second kappa shape index (κ2) is 4.41. The molecule has 3 N–H and O–H groups in total. The molecule has 0 aliphatic heterocycles. The van der Waals surface area contributed by atoms with E-state index < -0.39 is 6.10 Å². The van der Waals surface area contributed by atoms with Crippen LogP contribution < -0.4 is 0 Å². The van der Waals surface area contributed by atoms with E-state index in [2.05, 4.69) is 0 Å². The smallest absolute Gasteiger partial charge is 0.0889 e. The van der Waals surface area contributed by atoms with Gasteiger partial charge in [-0.1, -0.05) is 6.92 Å². The Hall–Kier alpha value is -0.410. The molecule has 0 rings (SSSR count). The molecular formula is C7H15NO2. The van der Waals surface area contributed by atoms with E-state index in [1.165, 1.54) is 0 Å². The molecule has 2 unspecified atom stereocenters. The van der Waals surface area contributed by atoms with Gasteiger partial charge in [0.1, 0.15) is 0 Å². The van der Waals surface area contributed by atoms with Crippen molar-refractivity contribution in [3.8, 4) is 0 Å². The van der Waals surface area contributed by atoms with Crippen LogP contribution in [0.3, 0.4) is 0 Å².